The molecule has 2 N–H and O–H groups in total. The minimum atomic E-state index is -0.728. The number of likely N-dealkylation sites (tertiary alicyclic amines) is 1. The van der Waals surface area contributed by atoms with Crippen LogP contribution in [-0.4, -0.2) is 53.0 Å². The molecule has 0 radical (unpaired) electrons. The third-order valence-corrected chi connectivity index (χ3v) is 4.07. The van der Waals surface area contributed by atoms with E-state index in [1.165, 1.54) is 0 Å². The molecule has 2 atom stereocenters. The zero-order valence-electron chi connectivity index (χ0n) is 14.4. The van der Waals surface area contributed by atoms with Gasteiger partial charge in [0.15, 0.2) is 0 Å². The minimum Gasteiger partial charge on any atom is -0.444 e. The van der Waals surface area contributed by atoms with Gasteiger partial charge in [0.1, 0.15) is 5.60 Å². The van der Waals surface area contributed by atoms with Gasteiger partial charge in [0, 0.05) is 25.7 Å². The lowest BCUT2D eigenvalue weighted by Crippen LogP contribution is -2.53. The van der Waals surface area contributed by atoms with Crippen LogP contribution in [0, 0.1) is 5.92 Å². The molecule has 1 fully saturated rings. The largest absolute Gasteiger partial charge is 0.444 e. The molecule has 0 spiro atoms. The minimum absolute atomic E-state index is 0.190. The molecule has 0 aromatic heterocycles. The first kappa shape index (κ1) is 18.2. The van der Waals surface area contributed by atoms with Crippen LogP contribution in [0.5, 0.6) is 0 Å². The zero-order chi connectivity index (χ0) is 16.3. The average molecular weight is 300 g/mol. The number of rotatable bonds is 4. The van der Waals surface area contributed by atoms with Crippen LogP contribution in [-0.2, 0) is 4.74 Å². The van der Waals surface area contributed by atoms with E-state index in [0.717, 1.165) is 19.4 Å². The normalized spacial score (nSPS) is 23.0. The first-order valence-electron chi connectivity index (χ1n) is 7.95. The highest BCUT2D eigenvalue weighted by molar-refractivity contribution is 5.68. The number of piperidine rings is 1. The predicted molar refractivity (Wildman–Crippen MR) is 84.3 cm³/mol. The van der Waals surface area contributed by atoms with Crippen molar-refractivity contribution in [2.45, 2.75) is 71.6 Å². The Morgan fingerprint density at radius 2 is 2.00 bits per heavy atom. The lowest BCUT2D eigenvalue weighted by Gasteiger charge is -2.36. The second kappa shape index (κ2) is 6.97. The van der Waals surface area contributed by atoms with E-state index < -0.39 is 11.2 Å². The summed E-state index contributed by atoms with van der Waals surface area (Å²) in [6.07, 6.45) is 1.73. The standard InChI is InChI=1S/C16H32N2O3/c1-12(2)16(6,20)11-17-13-8-7-9-18(10-13)14(19)21-15(3,4)5/h12-13,17,20H,7-11H2,1-6H3. The second-order valence-electron chi connectivity index (χ2n) is 7.66. The average Bonchev–Trinajstić information content (AvgIpc) is 2.34. The molecule has 0 aromatic rings. The number of amides is 1. The third-order valence-electron chi connectivity index (χ3n) is 4.07. The number of aliphatic hydroxyl groups is 1. The number of carbonyl (C=O) groups excluding carboxylic acids is 1. The van der Waals surface area contributed by atoms with Crippen molar-refractivity contribution in [2.75, 3.05) is 19.6 Å². The van der Waals surface area contributed by atoms with E-state index in [2.05, 4.69) is 5.32 Å². The highest BCUT2D eigenvalue weighted by Gasteiger charge is 2.30. The number of hydrogen-bond donors (Lipinski definition) is 2. The number of nitrogens with one attached hydrogen (secondary N) is 1. The molecule has 1 amide bonds. The summed E-state index contributed by atoms with van der Waals surface area (Å²) >= 11 is 0. The van der Waals surface area contributed by atoms with Gasteiger partial charge in [-0.15, -0.1) is 0 Å². The Balaban J connectivity index is 2.47. The summed E-state index contributed by atoms with van der Waals surface area (Å²) in [6, 6.07) is 0.219. The van der Waals surface area contributed by atoms with Gasteiger partial charge in [-0.05, 0) is 46.5 Å². The molecular weight excluding hydrogens is 268 g/mol. The van der Waals surface area contributed by atoms with Gasteiger partial charge in [0.25, 0.3) is 0 Å². The molecule has 1 aliphatic rings. The van der Waals surface area contributed by atoms with Gasteiger partial charge in [-0.1, -0.05) is 13.8 Å². The van der Waals surface area contributed by atoms with Gasteiger partial charge in [-0.2, -0.15) is 0 Å². The Bertz CT molecular complexity index is 348. The fraction of sp³-hybridized carbons (Fsp3) is 0.938. The van der Waals surface area contributed by atoms with Crippen molar-refractivity contribution in [2.24, 2.45) is 5.92 Å². The summed E-state index contributed by atoms with van der Waals surface area (Å²) in [6.45, 7) is 13.4. The first-order valence-corrected chi connectivity index (χ1v) is 7.95. The number of carbonyl (C=O) groups is 1. The van der Waals surface area contributed by atoms with Crippen molar-refractivity contribution in [3.8, 4) is 0 Å². The second-order valence-corrected chi connectivity index (χ2v) is 7.66. The molecule has 5 nitrogen and oxygen atoms in total. The quantitative estimate of drug-likeness (QED) is 0.837. The highest BCUT2D eigenvalue weighted by Crippen LogP contribution is 2.18. The maximum atomic E-state index is 12.1. The van der Waals surface area contributed by atoms with E-state index in [9.17, 15) is 9.90 Å². The molecule has 1 heterocycles. The fourth-order valence-corrected chi connectivity index (χ4v) is 2.19. The zero-order valence-corrected chi connectivity index (χ0v) is 14.4. The molecule has 1 rings (SSSR count). The van der Waals surface area contributed by atoms with E-state index in [1.807, 2.05) is 41.5 Å². The third kappa shape index (κ3) is 6.22. The van der Waals surface area contributed by atoms with Crippen molar-refractivity contribution < 1.29 is 14.6 Å². The van der Waals surface area contributed by atoms with Gasteiger partial charge in [-0.3, -0.25) is 0 Å². The Morgan fingerprint density at radius 3 is 2.52 bits per heavy atom. The lowest BCUT2D eigenvalue weighted by atomic mass is 9.92. The van der Waals surface area contributed by atoms with E-state index in [0.29, 0.717) is 13.1 Å². The molecule has 0 bridgehead atoms. The van der Waals surface area contributed by atoms with Crippen LogP contribution in [0.15, 0.2) is 0 Å². The fourth-order valence-electron chi connectivity index (χ4n) is 2.19. The molecular formula is C16H32N2O3. The van der Waals surface area contributed by atoms with Crippen LogP contribution in [0.2, 0.25) is 0 Å². The monoisotopic (exact) mass is 300 g/mol. The summed E-state index contributed by atoms with van der Waals surface area (Å²) in [4.78, 5) is 13.9. The van der Waals surface area contributed by atoms with Crippen molar-refractivity contribution in [1.82, 2.24) is 10.2 Å². The van der Waals surface area contributed by atoms with E-state index in [-0.39, 0.29) is 18.1 Å². The Labute approximate surface area is 129 Å². The van der Waals surface area contributed by atoms with Crippen molar-refractivity contribution in [1.29, 1.82) is 0 Å². The smallest absolute Gasteiger partial charge is 0.410 e. The summed E-state index contributed by atoms with van der Waals surface area (Å²) in [5.41, 5.74) is -1.19. The van der Waals surface area contributed by atoms with Crippen LogP contribution in [0.1, 0.15) is 54.4 Å². The summed E-state index contributed by atoms with van der Waals surface area (Å²) < 4.78 is 5.42. The molecule has 21 heavy (non-hydrogen) atoms. The molecule has 0 aromatic carbocycles. The number of hydrogen-bond acceptors (Lipinski definition) is 4. The summed E-state index contributed by atoms with van der Waals surface area (Å²) in [7, 11) is 0. The van der Waals surface area contributed by atoms with Gasteiger partial charge >= 0.3 is 6.09 Å². The number of ether oxygens (including phenoxy) is 1. The van der Waals surface area contributed by atoms with Crippen LogP contribution in [0.3, 0.4) is 0 Å². The topological polar surface area (TPSA) is 61.8 Å². The molecule has 0 aliphatic carbocycles. The van der Waals surface area contributed by atoms with Gasteiger partial charge in [0.05, 0.1) is 5.60 Å². The van der Waals surface area contributed by atoms with E-state index in [4.69, 9.17) is 4.74 Å². The Hall–Kier alpha value is -0.810. The molecule has 124 valence electrons. The predicted octanol–water partition coefficient (Wildman–Crippen LogP) is 2.38. The van der Waals surface area contributed by atoms with Gasteiger partial charge in [-0.25, -0.2) is 4.79 Å². The van der Waals surface area contributed by atoms with Crippen molar-refractivity contribution >= 4 is 6.09 Å². The maximum absolute atomic E-state index is 12.1. The first-order chi connectivity index (χ1) is 9.51. The molecule has 1 aliphatic heterocycles. The Kier molecular flexibility index (Phi) is 6.05. The SMILES string of the molecule is CC(C)C(C)(O)CNC1CCCN(C(=O)OC(C)(C)C)C1. The van der Waals surface area contributed by atoms with Crippen LogP contribution in [0.4, 0.5) is 4.79 Å². The molecule has 0 saturated carbocycles. The van der Waals surface area contributed by atoms with Crippen LogP contribution >= 0.6 is 0 Å². The van der Waals surface area contributed by atoms with E-state index in [1.54, 1.807) is 4.90 Å². The molecule has 2 unspecified atom stereocenters. The van der Waals surface area contributed by atoms with Gasteiger partial charge < -0.3 is 20.1 Å². The van der Waals surface area contributed by atoms with Crippen molar-refractivity contribution in [3.05, 3.63) is 0 Å². The van der Waals surface area contributed by atoms with Crippen LogP contribution < -0.4 is 5.32 Å². The highest BCUT2D eigenvalue weighted by atomic mass is 16.6. The van der Waals surface area contributed by atoms with E-state index >= 15 is 0 Å². The maximum Gasteiger partial charge on any atom is 0.410 e. The van der Waals surface area contributed by atoms with Gasteiger partial charge in [0.2, 0.25) is 0 Å². The molecule has 5 heteroatoms. The lowest BCUT2D eigenvalue weighted by molar-refractivity contribution is 0.00432. The molecule has 1 saturated heterocycles. The number of nitrogens with zero attached hydrogens (tertiary/aromatic N) is 1. The van der Waals surface area contributed by atoms with Crippen LogP contribution in [0.25, 0.3) is 0 Å². The van der Waals surface area contributed by atoms with Crippen molar-refractivity contribution in [3.63, 3.8) is 0 Å². The summed E-state index contributed by atoms with van der Waals surface area (Å²) in [5.74, 6) is 0.190. The Morgan fingerprint density at radius 1 is 1.38 bits per heavy atom. The summed E-state index contributed by atoms with van der Waals surface area (Å²) in [5, 5.41) is 13.7.